The second-order valence-corrected chi connectivity index (χ2v) is 6.29. The van der Waals surface area contributed by atoms with Crippen molar-refractivity contribution in [2.24, 2.45) is 0 Å². The summed E-state index contributed by atoms with van der Waals surface area (Å²) in [6, 6.07) is 10.9. The minimum Gasteiger partial charge on any atom is -0.493 e. The van der Waals surface area contributed by atoms with Gasteiger partial charge in [0.1, 0.15) is 24.1 Å². The van der Waals surface area contributed by atoms with Gasteiger partial charge in [0.2, 0.25) is 0 Å². The summed E-state index contributed by atoms with van der Waals surface area (Å²) in [4.78, 5) is 12.3. The van der Waals surface area contributed by atoms with Crippen molar-refractivity contribution in [3.05, 3.63) is 56.9 Å². The number of nitrogens with zero attached hydrogens (tertiary/aromatic N) is 1. The van der Waals surface area contributed by atoms with Crippen molar-refractivity contribution in [2.45, 2.75) is 0 Å². The fourth-order valence-corrected chi connectivity index (χ4v) is 2.93. The lowest BCUT2D eigenvalue weighted by atomic mass is 10.1. The number of amides is 1. The Labute approximate surface area is 169 Å². The number of rotatable bonds is 6. The van der Waals surface area contributed by atoms with Crippen molar-refractivity contribution in [2.75, 3.05) is 19.0 Å². The number of anilines is 1. The van der Waals surface area contributed by atoms with Gasteiger partial charge in [-0.25, -0.2) is 4.39 Å². The molecule has 0 heterocycles. The molecule has 0 saturated heterocycles. The molecule has 136 valence electrons. The van der Waals surface area contributed by atoms with Crippen LogP contribution < -0.4 is 14.8 Å². The Bertz CT molecular complexity index is 974. The number of methoxy groups -OCH3 is 1. The summed E-state index contributed by atoms with van der Waals surface area (Å²) in [5.41, 5.74) is 0.354. The number of ether oxygens (including phenoxy) is 2. The molecule has 0 unspecified atom stereocenters. The number of carbonyl (C=O) groups is 1. The zero-order valence-electron chi connectivity index (χ0n) is 14.3. The number of carbonyl (C=O) groups excluding carboxylic acids is 1. The minimum absolute atomic E-state index is 0.00570. The maximum absolute atomic E-state index is 13.7. The maximum atomic E-state index is 13.7. The standard InChI is InChI=1S/C20H14FIN2O3/c1-3-8-27-19-16(22)10-13(11-18(19)26-2)9-14(12-23)20(25)24-17-7-5-4-6-15(17)21/h1,4-7,9-11H,8H2,2H3,(H,24,25)/b14-9-. The van der Waals surface area contributed by atoms with Gasteiger partial charge in [-0.1, -0.05) is 18.1 Å². The number of para-hydroxylation sites is 1. The van der Waals surface area contributed by atoms with Crippen LogP contribution in [-0.4, -0.2) is 19.6 Å². The molecule has 0 saturated carbocycles. The fourth-order valence-electron chi connectivity index (χ4n) is 2.14. The zero-order chi connectivity index (χ0) is 19.8. The number of nitrogens with one attached hydrogen (secondary N) is 1. The van der Waals surface area contributed by atoms with E-state index >= 15 is 0 Å². The van der Waals surface area contributed by atoms with E-state index < -0.39 is 11.7 Å². The number of nitriles is 1. The number of hydrogen-bond donors (Lipinski definition) is 1. The number of terminal acetylenes is 1. The first kappa shape index (κ1) is 20.3. The monoisotopic (exact) mass is 476 g/mol. The highest BCUT2D eigenvalue weighted by atomic mass is 127. The van der Waals surface area contributed by atoms with Gasteiger partial charge in [-0.3, -0.25) is 4.79 Å². The Balaban J connectivity index is 2.33. The molecule has 2 aromatic rings. The Morgan fingerprint density at radius 1 is 1.41 bits per heavy atom. The molecular formula is C20H14FIN2O3. The Morgan fingerprint density at radius 2 is 2.15 bits per heavy atom. The van der Waals surface area contributed by atoms with Crippen molar-refractivity contribution in [3.8, 4) is 29.9 Å². The smallest absolute Gasteiger partial charge is 0.266 e. The van der Waals surface area contributed by atoms with Crippen LogP contribution in [0.15, 0.2) is 42.0 Å². The van der Waals surface area contributed by atoms with Gasteiger partial charge in [-0.05, 0) is 58.5 Å². The third-order valence-corrected chi connectivity index (χ3v) is 4.15. The summed E-state index contributed by atoms with van der Waals surface area (Å²) < 4.78 is 25.1. The van der Waals surface area contributed by atoms with Gasteiger partial charge in [-0.15, -0.1) is 6.42 Å². The topological polar surface area (TPSA) is 71.3 Å². The minimum atomic E-state index is -0.718. The van der Waals surface area contributed by atoms with Crippen LogP contribution in [0.1, 0.15) is 5.56 Å². The second-order valence-electron chi connectivity index (χ2n) is 5.13. The van der Waals surface area contributed by atoms with Crippen LogP contribution in [-0.2, 0) is 4.79 Å². The van der Waals surface area contributed by atoms with Crippen LogP contribution in [0.5, 0.6) is 11.5 Å². The number of benzene rings is 2. The van der Waals surface area contributed by atoms with Gasteiger partial charge >= 0.3 is 0 Å². The molecule has 2 rings (SSSR count). The summed E-state index contributed by atoms with van der Waals surface area (Å²) in [5.74, 6) is 1.95. The molecule has 0 aromatic heterocycles. The van der Waals surface area contributed by atoms with E-state index in [1.54, 1.807) is 18.2 Å². The first-order valence-electron chi connectivity index (χ1n) is 7.61. The van der Waals surface area contributed by atoms with Crippen LogP contribution in [0.4, 0.5) is 10.1 Å². The van der Waals surface area contributed by atoms with Gasteiger partial charge in [0.05, 0.1) is 16.4 Å². The van der Waals surface area contributed by atoms with Crippen LogP contribution in [0.25, 0.3) is 6.08 Å². The van der Waals surface area contributed by atoms with E-state index in [0.717, 1.165) is 0 Å². The van der Waals surface area contributed by atoms with Crippen LogP contribution >= 0.6 is 22.6 Å². The summed E-state index contributed by atoms with van der Waals surface area (Å²) >= 11 is 2.04. The molecule has 0 radical (unpaired) electrons. The highest BCUT2D eigenvalue weighted by Crippen LogP contribution is 2.34. The normalized spacial score (nSPS) is 10.5. The highest BCUT2D eigenvalue weighted by Gasteiger charge is 2.14. The predicted octanol–water partition coefficient (Wildman–Crippen LogP) is 4.00. The molecule has 1 amide bonds. The van der Waals surface area contributed by atoms with Crippen LogP contribution in [0.2, 0.25) is 0 Å². The molecule has 27 heavy (non-hydrogen) atoms. The molecule has 2 aromatic carbocycles. The average molecular weight is 476 g/mol. The highest BCUT2D eigenvalue weighted by molar-refractivity contribution is 14.1. The van der Waals surface area contributed by atoms with Crippen molar-refractivity contribution in [3.63, 3.8) is 0 Å². The Morgan fingerprint density at radius 3 is 2.78 bits per heavy atom. The molecule has 0 spiro atoms. The second kappa shape index (κ2) is 9.60. The van der Waals surface area contributed by atoms with E-state index in [0.29, 0.717) is 20.6 Å². The molecule has 7 heteroatoms. The number of halogens is 2. The Hall–Kier alpha value is -3.04. The predicted molar refractivity (Wildman–Crippen MR) is 109 cm³/mol. The van der Waals surface area contributed by atoms with Gasteiger partial charge in [0.25, 0.3) is 5.91 Å². The van der Waals surface area contributed by atoms with E-state index in [1.807, 2.05) is 28.7 Å². The van der Waals surface area contributed by atoms with Gasteiger partial charge in [0.15, 0.2) is 11.5 Å². The summed E-state index contributed by atoms with van der Waals surface area (Å²) in [6.45, 7) is 0.0794. The average Bonchev–Trinajstić information content (AvgIpc) is 2.66. The van der Waals surface area contributed by atoms with Crippen LogP contribution in [0, 0.1) is 33.1 Å². The van der Waals surface area contributed by atoms with E-state index in [1.165, 1.54) is 31.4 Å². The van der Waals surface area contributed by atoms with E-state index in [9.17, 15) is 14.4 Å². The van der Waals surface area contributed by atoms with Gasteiger partial charge in [-0.2, -0.15) is 5.26 Å². The fraction of sp³-hybridized carbons (Fsp3) is 0.100. The molecule has 0 aliphatic rings. The van der Waals surface area contributed by atoms with Crippen LogP contribution in [0.3, 0.4) is 0 Å². The lowest BCUT2D eigenvalue weighted by Gasteiger charge is -2.12. The molecule has 0 aliphatic heterocycles. The van der Waals surface area contributed by atoms with Crippen molar-refractivity contribution in [1.82, 2.24) is 0 Å². The molecule has 0 fully saturated rings. The third kappa shape index (κ3) is 5.22. The molecule has 0 aliphatic carbocycles. The molecule has 0 bridgehead atoms. The molecule has 1 N–H and O–H groups in total. The quantitative estimate of drug-likeness (QED) is 0.296. The van der Waals surface area contributed by atoms with E-state index in [4.69, 9.17) is 15.9 Å². The molecular weight excluding hydrogens is 462 g/mol. The lowest BCUT2D eigenvalue weighted by Crippen LogP contribution is -2.14. The van der Waals surface area contributed by atoms with Crippen molar-refractivity contribution >= 4 is 40.3 Å². The lowest BCUT2D eigenvalue weighted by molar-refractivity contribution is -0.112. The summed E-state index contributed by atoms with van der Waals surface area (Å²) in [5, 5.41) is 11.7. The zero-order valence-corrected chi connectivity index (χ0v) is 16.4. The van der Waals surface area contributed by atoms with E-state index in [-0.39, 0.29) is 17.9 Å². The first-order chi connectivity index (χ1) is 13.0. The molecule has 0 atom stereocenters. The SMILES string of the molecule is C#CCOc1c(I)cc(/C=C(/C#N)C(=O)Nc2ccccc2F)cc1OC. The van der Waals surface area contributed by atoms with Crippen molar-refractivity contribution < 1.29 is 18.7 Å². The maximum Gasteiger partial charge on any atom is 0.266 e. The largest absolute Gasteiger partial charge is 0.493 e. The molecule has 5 nitrogen and oxygen atoms in total. The van der Waals surface area contributed by atoms with Gasteiger partial charge < -0.3 is 14.8 Å². The summed E-state index contributed by atoms with van der Waals surface area (Å²) in [7, 11) is 1.47. The third-order valence-electron chi connectivity index (χ3n) is 3.35. The van der Waals surface area contributed by atoms with Crippen molar-refractivity contribution in [1.29, 1.82) is 5.26 Å². The summed E-state index contributed by atoms with van der Waals surface area (Å²) in [6.07, 6.45) is 6.58. The Kier molecular flexibility index (Phi) is 7.21. The number of hydrogen-bond acceptors (Lipinski definition) is 4. The van der Waals surface area contributed by atoms with E-state index in [2.05, 4.69) is 11.2 Å². The first-order valence-corrected chi connectivity index (χ1v) is 8.69. The van der Waals surface area contributed by atoms with Gasteiger partial charge in [0, 0.05) is 0 Å².